The molecule has 0 radical (unpaired) electrons. The Hall–Kier alpha value is -1.23. The molecule has 2 aromatic rings. The second-order valence-corrected chi connectivity index (χ2v) is 3.32. The summed E-state index contributed by atoms with van der Waals surface area (Å²) in [5, 5.41) is 0. The largest absolute Gasteiger partial charge is 1.00 e. The number of halogens is 1. The summed E-state index contributed by atoms with van der Waals surface area (Å²) in [6, 6.07) is 12.0. The van der Waals surface area contributed by atoms with E-state index in [1.54, 1.807) is 6.20 Å². The zero-order valence-corrected chi connectivity index (χ0v) is 11.2. The van der Waals surface area contributed by atoms with Crippen molar-refractivity contribution in [3.8, 4) is 0 Å². The topological polar surface area (TPSA) is 16.8 Å². The van der Waals surface area contributed by atoms with Gasteiger partial charge in [-0.2, -0.15) is 0 Å². The monoisotopic (exact) mass is 324 g/mol. The summed E-state index contributed by atoms with van der Waals surface area (Å²) in [6.07, 6.45) is 7.89. The first-order chi connectivity index (χ1) is 7.36. The summed E-state index contributed by atoms with van der Waals surface area (Å²) < 4.78 is 2.07. The number of pyridine rings is 2. The van der Waals surface area contributed by atoms with E-state index in [1.165, 1.54) is 0 Å². The number of aromatic nitrogens is 2. The highest BCUT2D eigenvalue weighted by atomic mass is 127. The third kappa shape index (κ3) is 3.41. The van der Waals surface area contributed by atoms with Crippen molar-refractivity contribution in [2.24, 2.45) is 7.05 Å². The van der Waals surface area contributed by atoms with E-state index in [0.717, 1.165) is 11.4 Å². The molecule has 0 aliphatic heterocycles. The van der Waals surface area contributed by atoms with Gasteiger partial charge in [-0.25, -0.2) is 4.57 Å². The molecule has 82 valence electrons. The van der Waals surface area contributed by atoms with E-state index in [2.05, 4.69) is 21.7 Å². The van der Waals surface area contributed by atoms with E-state index in [0.29, 0.717) is 0 Å². The van der Waals surface area contributed by atoms with Crippen molar-refractivity contribution in [2.45, 2.75) is 0 Å². The molecular formula is C13H13IN2. The van der Waals surface area contributed by atoms with Gasteiger partial charge in [-0.15, -0.1) is 0 Å². The molecular weight excluding hydrogens is 311 g/mol. The van der Waals surface area contributed by atoms with Gasteiger partial charge in [0.2, 0.25) is 5.69 Å². The third-order valence-corrected chi connectivity index (χ3v) is 2.21. The van der Waals surface area contributed by atoms with Crippen molar-refractivity contribution in [1.82, 2.24) is 4.98 Å². The molecule has 2 aromatic heterocycles. The van der Waals surface area contributed by atoms with Gasteiger partial charge in [0, 0.05) is 24.4 Å². The Labute approximate surface area is 113 Å². The Morgan fingerprint density at radius 2 is 1.88 bits per heavy atom. The van der Waals surface area contributed by atoms with Crippen molar-refractivity contribution >= 4 is 12.2 Å². The maximum atomic E-state index is 4.23. The molecule has 0 fully saturated rings. The zero-order valence-electron chi connectivity index (χ0n) is 9.05. The first-order valence-electron chi connectivity index (χ1n) is 4.90. The van der Waals surface area contributed by atoms with Crippen LogP contribution in [-0.4, -0.2) is 4.98 Å². The first kappa shape index (κ1) is 12.8. The smallest absolute Gasteiger partial charge is 0.204 e. The summed E-state index contributed by atoms with van der Waals surface area (Å²) in [4.78, 5) is 4.23. The van der Waals surface area contributed by atoms with Gasteiger partial charge in [0.25, 0.3) is 0 Å². The number of hydrogen-bond donors (Lipinski definition) is 0. The van der Waals surface area contributed by atoms with Gasteiger partial charge in [-0.1, -0.05) is 6.07 Å². The van der Waals surface area contributed by atoms with Crippen molar-refractivity contribution in [3.05, 3.63) is 60.2 Å². The molecule has 0 amide bonds. The summed E-state index contributed by atoms with van der Waals surface area (Å²) in [5.74, 6) is 0. The minimum Gasteiger partial charge on any atom is -1.00 e. The highest BCUT2D eigenvalue weighted by Crippen LogP contribution is 2.01. The average molecular weight is 324 g/mol. The molecule has 0 bridgehead atoms. The summed E-state index contributed by atoms with van der Waals surface area (Å²) >= 11 is 0. The van der Waals surface area contributed by atoms with Crippen LogP contribution in [0.15, 0.2) is 48.8 Å². The second kappa shape index (κ2) is 6.37. The maximum absolute atomic E-state index is 4.23. The molecule has 0 spiro atoms. The van der Waals surface area contributed by atoms with Crippen molar-refractivity contribution < 1.29 is 28.5 Å². The van der Waals surface area contributed by atoms with E-state index in [4.69, 9.17) is 0 Å². The number of hydrogen-bond acceptors (Lipinski definition) is 1. The Morgan fingerprint density at radius 1 is 1.06 bits per heavy atom. The SMILES string of the molecule is C[n+]1ccccc1/C=C/c1ccccn1.[I-]. The van der Waals surface area contributed by atoms with Crippen LogP contribution in [0.3, 0.4) is 0 Å². The van der Waals surface area contributed by atoms with Crippen LogP contribution in [-0.2, 0) is 7.05 Å². The van der Waals surface area contributed by atoms with Gasteiger partial charge in [-0.3, -0.25) is 4.98 Å². The number of nitrogens with zero attached hydrogens (tertiary/aromatic N) is 2. The lowest BCUT2D eigenvalue weighted by molar-refractivity contribution is -0.673. The third-order valence-electron chi connectivity index (χ3n) is 2.21. The molecule has 0 atom stereocenters. The lowest BCUT2D eigenvalue weighted by atomic mass is 10.2. The van der Waals surface area contributed by atoms with Gasteiger partial charge in [0.15, 0.2) is 6.20 Å². The fourth-order valence-electron chi connectivity index (χ4n) is 1.36. The minimum atomic E-state index is 0. The molecule has 0 unspecified atom stereocenters. The number of aryl methyl sites for hydroxylation is 1. The molecule has 0 aromatic carbocycles. The lowest BCUT2D eigenvalue weighted by Gasteiger charge is -1.92. The fourth-order valence-corrected chi connectivity index (χ4v) is 1.36. The van der Waals surface area contributed by atoms with Crippen LogP contribution in [0.1, 0.15) is 11.4 Å². The van der Waals surface area contributed by atoms with Crippen molar-refractivity contribution in [1.29, 1.82) is 0 Å². The fraction of sp³-hybridized carbons (Fsp3) is 0.0769. The van der Waals surface area contributed by atoms with Gasteiger partial charge < -0.3 is 24.0 Å². The predicted octanol–water partition coefficient (Wildman–Crippen LogP) is -0.919. The van der Waals surface area contributed by atoms with Crippen LogP contribution in [0, 0.1) is 0 Å². The van der Waals surface area contributed by atoms with Crippen molar-refractivity contribution in [3.63, 3.8) is 0 Å². The van der Waals surface area contributed by atoms with Gasteiger partial charge in [0.1, 0.15) is 7.05 Å². The Bertz CT molecular complexity index is 466. The Kier molecular flexibility index (Phi) is 5.11. The molecule has 3 heteroatoms. The molecule has 0 N–H and O–H groups in total. The summed E-state index contributed by atoms with van der Waals surface area (Å²) in [7, 11) is 2.03. The van der Waals surface area contributed by atoms with E-state index >= 15 is 0 Å². The Morgan fingerprint density at radius 3 is 2.56 bits per heavy atom. The maximum Gasteiger partial charge on any atom is 0.204 e. The van der Waals surface area contributed by atoms with E-state index < -0.39 is 0 Å². The van der Waals surface area contributed by atoms with Gasteiger partial charge in [0.05, 0.1) is 5.69 Å². The minimum absolute atomic E-state index is 0. The molecule has 0 aliphatic rings. The van der Waals surface area contributed by atoms with E-state index in [1.807, 2.05) is 49.7 Å². The quantitative estimate of drug-likeness (QED) is 0.516. The summed E-state index contributed by atoms with van der Waals surface area (Å²) in [5.41, 5.74) is 2.13. The lowest BCUT2D eigenvalue weighted by Crippen LogP contribution is -3.00. The normalized spacial score (nSPS) is 10.1. The van der Waals surface area contributed by atoms with Crippen LogP contribution >= 0.6 is 0 Å². The molecule has 0 aliphatic carbocycles. The second-order valence-electron chi connectivity index (χ2n) is 3.32. The van der Waals surface area contributed by atoms with Crippen LogP contribution in [0.4, 0.5) is 0 Å². The molecule has 2 nitrogen and oxygen atoms in total. The average Bonchev–Trinajstić information content (AvgIpc) is 2.29. The molecule has 2 rings (SSSR count). The summed E-state index contributed by atoms with van der Waals surface area (Å²) in [6.45, 7) is 0. The first-order valence-corrected chi connectivity index (χ1v) is 4.90. The zero-order chi connectivity index (χ0) is 10.5. The predicted molar refractivity (Wildman–Crippen MR) is 60.8 cm³/mol. The van der Waals surface area contributed by atoms with Crippen molar-refractivity contribution in [2.75, 3.05) is 0 Å². The molecule has 16 heavy (non-hydrogen) atoms. The van der Waals surface area contributed by atoms with Crippen LogP contribution < -0.4 is 28.5 Å². The van der Waals surface area contributed by atoms with Gasteiger partial charge >= 0.3 is 0 Å². The van der Waals surface area contributed by atoms with Crippen LogP contribution in [0.5, 0.6) is 0 Å². The number of rotatable bonds is 2. The standard InChI is InChI=1S/C13H13N2.HI/c1-15-11-5-3-7-13(15)9-8-12-6-2-4-10-14-12;/h2-11H,1H3;1H/q+1;/p-1/b9-8+;. The Balaban J connectivity index is 0.00000128. The van der Waals surface area contributed by atoms with Gasteiger partial charge in [-0.05, 0) is 24.3 Å². The van der Waals surface area contributed by atoms with E-state index in [9.17, 15) is 0 Å². The van der Waals surface area contributed by atoms with Crippen LogP contribution in [0.2, 0.25) is 0 Å². The van der Waals surface area contributed by atoms with E-state index in [-0.39, 0.29) is 24.0 Å². The highest BCUT2D eigenvalue weighted by Gasteiger charge is 1.98. The van der Waals surface area contributed by atoms with Crippen LogP contribution in [0.25, 0.3) is 12.2 Å². The molecule has 0 saturated carbocycles. The molecule has 0 saturated heterocycles. The molecule has 2 heterocycles. The highest BCUT2D eigenvalue weighted by molar-refractivity contribution is 5.64.